The lowest BCUT2D eigenvalue weighted by Crippen LogP contribution is -2.38. The van der Waals surface area contributed by atoms with E-state index < -0.39 is 5.60 Å². The van der Waals surface area contributed by atoms with E-state index in [-0.39, 0.29) is 12.6 Å². The molecule has 0 aromatic carbocycles. The standard InChI is InChI=1S/C18H26N6O3S/c1-4-12-5-6-13(28-12)14(23-19)15-20-16(24-7-9-26-10-8-24)22-17(21-15)27-11-18(2,3)25/h5-6,25H,4,7-11,19H2,1-3H3. The van der Waals surface area contributed by atoms with Crippen molar-refractivity contribution >= 4 is 23.0 Å². The van der Waals surface area contributed by atoms with Crippen LogP contribution in [0.15, 0.2) is 17.2 Å². The predicted molar refractivity (Wildman–Crippen MR) is 108 cm³/mol. The fourth-order valence-corrected chi connectivity index (χ4v) is 3.53. The molecule has 1 aliphatic rings. The van der Waals surface area contributed by atoms with Crippen LogP contribution in [0.2, 0.25) is 0 Å². The van der Waals surface area contributed by atoms with Gasteiger partial charge in [-0.15, -0.1) is 11.3 Å². The number of rotatable bonds is 7. The van der Waals surface area contributed by atoms with Crippen LogP contribution in [0.5, 0.6) is 6.01 Å². The fourth-order valence-electron chi connectivity index (χ4n) is 2.59. The summed E-state index contributed by atoms with van der Waals surface area (Å²) in [6, 6.07) is 4.13. The normalized spacial score (nSPS) is 15.7. The van der Waals surface area contributed by atoms with Crippen LogP contribution in [-0.4, -0.2) is 64.3 Å². The maximum atomic E-state index is 9.96. The van der Waals surface area contributed by atoms with Gasteiger partial charge in [0.25, 0.3) is 0 Å². The van der Waals surface area contributed by atoms with Crippen molar-refractivity contribution in [2.24, 2.45) is 10.9 Å². The fraction of sp³-hybridized carbons (Fsp3) is 0.556. The predicted octanol–water partition coefficient (Wildman–Crippen LogP) is 1.19. The molecule has 3 heterocycles. The Morgan fingerprint density at radius 3 is 2.68 bits per heavy atom. The zero-order valence-corrected chi connectivity index (χ0v) is 17.2. The van der Waals surface area contributed by atoms with Crippen molar-refractivity contribution in [1.29, 1.82) is 0 Å². The van der Waals surface area contributed by atoms with Crippen LogP contribution in [-0.2, 0) is 11.2 Å². The second kappa shape index (κ2) is 8.80. The van der Waals surface area contributed by atoms with Gasteiger partial charge < -0.3 is 25.3 Å². The lowest BCUT2D eigenvalue weighted by Gasteiger charge is -2.27. The summed E-state index contributed by atoms with van der Waals surface area (Å²) in [5.41, 5.74) is -0.532. The van der Waals surface area contributed by atoms with Crippen molar-refractivity contribution < 1.29 is 14.6 Å². The molecule has 3 N–H and O–H groups in total. The van der Waals surface area contributed by atoms with Crippen LogP contribution in [0.25, 0.3) is 0 Å². The Morgan fingerprint density at radius 2 is 2.07 bits per heavy atom. The summed E-state index contributed by atoms with van der Waals surface area (Å²) in [6.45, 7) is 7.99. The van der Waals surface area contributed by atoms with Crippen LogP contribution in [0.3, 0.4) is 0 Å². The summed E-state index contributed by atoms with van der Waals surface area (Å²) >= 11 is 1.60. The summed E-state index contributed by atoms with van der Waals surface area (Å²) in [7, 11) is 0. The molecule has 152 valence electrons. The van der Waals surface area contributed by atoms with Gasteiger partial charge in [-0.2, -0.15) is 20.1 Å². The summed E-state index contributed by atoms with van der Waals surface area (Å²) < 4.78 is 11.0. The van der Waals surface area contributed by atoms with Crippen LogP contribution in [0.1, 0.15) is 36.3 Å². The van der Waals surface area contributed by atoms with E-state index in [2.05, 4.69) is 27.0 Å². The maximum absolute atomic E-state index is 9.96. The van der Waals surface area contributed by atoms with Crippen molar-refractivity contribution in [3.05, 3.63) is 27.7 Å². The highest BCUT2D eigenvalue weighted by atomic mass is 32.1. The van der Waals surface area contributed by atoms with E-state index in [1.165, 1.54) is 4.88 Å². The molecular formula is C18H26N6O3S. The zero-order chi connectivity index (χ0) is 20.1. The molecule has 1 saturated heterocycles. The van der Waals surface area contributed by atoms with E-state index in [0.29, 0.717) is 43.8 Å². The Balaban J connectivity index is 1.97. The van der Waals surface area contributed by atoms with Crippen LogP contribution < -0.4 is 15.5 Å². The van der Waals surface area contributed by atoms with E-state index >= 15 is 0 Å². The van der Waals surface area contributed by atoms with Gasteiger partial charge in [-0.25, -0.2) is 0 Å². The highest BCUT2D eigenvalue weighted by Crippen LogP contribution is 2.22. The van der Waals surface area contributed by atoms with Gasteiger partial charge in [0.2, 0.25) is 5.95 Å². The first-order chi connectivity index (χ1) is 13.4. The number of aromatic nitrogens is 3. The molecule has 28 heavy (non-hydrogen) atoms. The van der Waals surface area contributed by atoms with E-state index in [0.717, 1.165) is 11.3 Å². The summed E-state index contributed by atoms with van der Waals surface area (Å²) in [5, 5.41) is 13.9. The zero-order valence-electron chi connectivity index (χ0n) is 16.4. The van der Waals surface area contributed by atoms with E-state index in [9.17, 15) is 5.11 Å². The first-order valence-corrected chi connectivity index (χ1v) is 10.0. The number of hydrogen-bond donors (Lipinski definition) is 2. The Morgan fingerprint density at radius 1 is 1.32 bits per heavy atom. The third-order valence-corrected chi connectivity index (χ3v) is 5.27. The van der Waals surface area contributed by atoms with Crippen molar-refractivity contribution in [3.8, 4) is 6.01 Å². The number of hydrogen-bond acceptors (Lipinski definition) is 10. The topological polar surface area (TPSA) is 119 Å². The number of hydrazone groups is 1. The van der Waals surface area contributed by atoms with Crippen LogP contribution in [0.4, 0.5) is 5.95 Å². The molecular weight excluding hydrogens is 380 g/mol. The monoisotopic (exact) mass is 406 g/mol. The Hall–Kier alpha value is -2.30. The molecule has 10 heteroatoms. The molecule has 0 aliphatic carbocycles. The molecule has 0 bridgehead atoms. The minimum absolute atomic E-state index is 0.0487. The molecule has 1 aliphatic heterocycles. The van der Waals surface area contributed by atoms with Crippen molar-refractivity contribution in [2.45, 2.75) is 32.8 Å². The molecule has 0 spiro atoms. The third kappa shape index (κ3) is 5.15. The molecule has 2 aromatic rings. The lowest BCUT2D eigenvalue weighted by atomic mass is 10.2. The Kier molecular flexibility index (Phi) is 6.42. The van der Waals surface area contributed by atoms with E-state index in [4.69, 9.17) is 15.3 Å². The molecule has 0 atom stereocenters. The quantitative estimate of drug-likeness (QED) is 0.400. The van der Waals surface area contributed by atoms with Gasteiger partial charge in [0.05, 0.1) is 23.7 Å². The van der Waals surface area contributed by atoms with Crippen molar-refractivity contribution in [2.75, 3.05) is 37.8 Å². The molecule has 9 nitrogen and oxygen atoms in total. The second-order valence-corrected chi connectivity index (χ2v) is 8.21. The maximum Gasteiger partial charge on any atom is 0.321 e. The molecule has 0 amide bonds. The number of aryl methyl sites for hydroxylation is 1. The first-order valence-electron chi connectivity index (χ1n) is 9.21. The number of ether oxygens (including phenoxy) is 2. The Bertz CT molecular complexity index is 827. The molecule has 0 radical (unpaired) electrons. The summed E-state index contributed by atoms with van der Waals surface area (Å²) in [5.74, 6) is 6.51. The van der Waals surface area contributed by atoms with Gasteiger partial charge in [-0.1, -0.05) is 6.92 Å². The third-order valence-electron chi connectivity index (χ3n) is 4.04. The highest BCUT2D eigenvalue weighted by Gasteiger charge is 2.22. The molecule has 1 fully saturated rings. The number of nitrogens with zero attached hydrogens (tertiary/aromatic N) is 5. The largest absolute Gasteiger partial charge is 0.460 e. The molecule has 2 aromatic heterocycles. The average Bonchev–Trinajstić information content (AvgIpc) is 3.16. The minimum Gasteiger partial charge on any atom is -0.460 e. The lowest BCUT2D eigenvalue weighted by molar-refractivity contribution is 0.0249. The van der Waals surface area contributed by atoms with Crippen LogP contribution in [0, 0.1) is 0 Å². The van der Waals surface area contributed by atoms with E-state index in [1.54, 1.807) is 25.2 Å². The minimum atomic E-state index is -1.01. The van der Waals surface area contributed by atoms with Gasteiger partial charge in [-0.05, 0) is 32.4 Å². The summed E-state index contributed by atoms with van der Waals surface area (Å²) in [4.78, 5) is 17.5. The van der Waals surface area contributed by atoms with Gasteiger partial charge >= 0.3 is 6.01 Å². The average molecular weight is 407 g/mol. The SMILES string of the molecule is CCc1ccc(C(=NN)c2nc(OCC(C)(C)O)nc(N3CCOCC3)n2)s1. The number of nitrogens with two attached hydrogens (primary N) is 1. The number of aliphatic hydroxyl groups is 1. The first kappa shape index (κ1) is 20.4. The van der Waals surface area contributed by atoms with Crippen molar-refractivity contribution in [3.63, 3.8) is 0 Å². The second-order valence-electron chi connectivity index (χ2n) is 7.04. The van der Waals surface area contributed by atoms with Gasteiger partial charge in [0.1, 0.15) is 12.3 Å². The smallest absolute Gasteiger partial charge is 0.321 e. The van der Waals surface area contributed by atoms with Crippen molar-refractivity contribution in [1.82, 2.24) is 15.0 Å². The number of morpholine rings is 1. The molecule has 3 rings (SSSR count). The number of thiophene rings is 1. The van der Waals surface area contributed by atoms with Gasteiger partial charge in [0.15, 0.2) is 5.82 Å². The van der Waals surface area contributed by atoms with Gasteiger partial charge in [0, 0.05) is 18.0 Å². The molecule has 0 saturated carbocycles. The molecule has 0 unspecified atom stereocenters. The highest BCUT2D eigenvalue weighted by molar-refractivity contribution is 7.14. The van der Waals surface area contributed by atoms with Crippen LogP contribution >= 0.6 is 11.3 Å². The Labute approximate surface area is 168 Å². The summed E-state index contributed by atoms with van der Waals surface area (Å²) in [6.07, 6.45) is 0.929. The van der Waals surface area contributed by atoms with Gasteiger partial charge in [-0.3, -0.25) is 0 Å². The number of anilines is 1. The van der Waals surface area contributed by atoms with E-state index in [1.807, 2.05) is 17.0 Å².